The molecule has 194 valence electrons. The van der Waals surface area contributed by atoms with Crippen molar-refractivity contribution in [2.24, 2.45) is 0 Å². The standard InChI is InChI=1S/C27H37N5O4/c1-3-36-27(34)23-7-10-25(28-19-23)31-12-4-11-29(13-16-31)21-26(33)32-17-14-30(15-18-32)20-22-5-8-24(35-2)9-6-22/h5-10,19H,3-4,11-18,20-21H2,1-2H3. The number of hydrogen-bond donors (Lipinski definition) is 0. The lowest BCUT2D eigenvalue weighted by Gasteiger charge is -2.35. The molecular formula is C27H37N5O4. The maximum Gasteiger partial charge on any atom is 0.339 e. The Hall–Kier alpha value is -3.17. The van der Waals surface area contributed by atoms with Gasteiger partial charge in [0, 0.05) is 65.1 Å². The maximum absolute atomic E-state index is 13.0. The Kier molecular flexibility index (Phi) is 9.13. The largest absolute Gasteiger partial charge is 0.497 e. The Labute approximate surface area is 213 Å². The van der Waals surface area contributed by atoms with Gasteiger partial charge in [0.2, 0.25) is 5.91 Å². The molecule has 0 aliphatic carbocycles. The number of methoxy groups -OCH3 is 1. The first-order valence-corrected chi connectivity index (χ1v) is 12.8. The zero-order valence-electron chi connectivity index (χ0n) is 21.4. The third-order valence-electron chi connectivity index (χ3n) is 6.82. The van der Waals surface area contributed by atoms with E-state index in [9.17, 15) is 9.59 Å². The van der Waals surface area contributed by atoms with E-state index in [0.717, 1.165) is 76.9 Å². The van der Waals surface area contributed by atoms with E-state index in [1.165, 1.54) is 5.56 Å². The number of hydrogen-bond acceptors (Lipinski definition) is 8. The molecule has 2 aliphatic rings. The van der Waals surface area contributed by atoms with E-state index in [4.69, 9.17) is 9.47 Å². The lowest BCUT2D eigenvalue weighted by molar-refractivity contribution is -0.134. The number of amides is 1. The summed E-state index contributed by atoms with van der Waals surface area (Å²) in [6.45, 7) is 10.2. The van der Waals surface area contributed by atoms with Crippen LogP contribution >= 0.6 is 0 Å². The average molecular weight is 496 g/mol. The predicted octanol–water partition coefficient (Wildman–Crippen LogP) is 2.12. The van der Waals surface area contributed by atoms with Crippen molar-refractivity contribution in [1.82, 2.24) is 19.7 Å². The second kappa shape index (κ2) is 12.7. The maximum atomic E-state index is 13.0. The third-order valence-corrected chi connectivity index (χ3v) is 6.82. The van der Waals surface area contributed by atoms with E-state index in [1.807, 2.05) is 23.1 Å². The topological polar surface area (TPSA) is 78.5 Å². The number of carbonyl (C=O) groups is 2. The normalized spacial score (nSPS) is 17.5. The Morgan fingerprint density at radius 2 is 1.64 bits per heavy atom. The summed E-state index contributed by atoms with van der Waals surface area (Å²) in [5, 5.41) is 0. The molecule has 4 rings (SSSR count). The van der Waals surface area contributed by atoms with E-state index < -0.39 is 0 Å². The summed E-state index contributed by atoms with van der Waals surface area (Å²) in [6.07, 6.45) is 2.54. The van der Waals surface area contributed by atoms with Crippen molar-refractivity contribution >= 4 is 17.7 Å². The Balaban J connectivity index is 1.21. The third kappa shape index (κ3) is 6.95. The smallest absolute Gasteiger partial charge is 0.339 e. The SMILES string of the molecule is CCOC(=O)c1ccc(N2CCCN(CC(=O)N3CCN(Cc4ccc(OC)cc4)CC3)CC2)nc1. The van der Waals surface area contributed by atoms with Crippen molar-refractivity contribution in [1.29, 1.82) is 0 Å². The summed E-state index contributed by atoms with van der Waals surface area (Å²) in [7, 11) is 1.68. The number of pyridine rings is 1. The number of nitrogens with zero attached hydrogens (tertiary/aromatic N) is 5. The number of aromatic nitrogens is 1. The number of esters is 1. The number of carbonyl (C=O) groups excluding carboxylic acids is 2. The Bertz CT molecular complexity index is 990. The minimum absolute atomic E-state index is 0.212. The Morgan fingerprint density at radius 1 is 0.889 bits per heavy atom. The van der Waals surface area contributed by atoms with Crippen molar-refractivity contribution in [2.45, 2.75) is 19.9 Å². The van der Waals surface area contributed by atoms with E-state index in [-0.39, 0.29) is 11.9 Å². The van der Waals surface area contributed by atoms with Gasteiger partial charge in [0.15, 0.2) is 0 Å². The van der Waals surface area contributed by atoms with Crippen molar-refractivity contribution in [3.8, 4) is 5.75 Å². The first kappa shape index (κ1) is 25.9. The monoisotopic (exact) mass is 495 g/mol. The first-order valence-electron chi connectivity index (χ1n) is 12.8. The summed E-state index contributed by atoms with van der Waals surface area (Å²) < 4.78 is 10.3. The van der Waals surface area contributed by atoms with Crippen LogP contribution in [0.15, 0.2) is 42.6 Å². The molecule has 1 amide bonds. The highest BCUT2D eigenvalue weighted by atomic mass is 16.5. The van der Waals surface area contributed by atoms with Crippen molar-refractivity contribution in [3.05, 3.63) is 53.7 Å². The first-order chi connectivity index (χ1) is 17.6. The molecular weight excluding hydrogens is 458 g/mol. The molecule has 1 aromatic heterocycles. The van der Waals surface area contributed by atoms with Gasteiger partial charge in [0.05, 0.1) is 25.8 Å². The molecule has 2 aliphatic heterocycles. The van der Waals surface area contributed by atoms with Crippen LogP contribution in [-0.4, -0.2) is 104 Å². The van der Waals surface area contributed by atoms with Gasteiger partial charge in [-0.05, 0) is 43.2 Å². The van der Waals surface area contributed by atoms with Gasteiger partial charge in [0.1, 0.15) is 11.6 Å². The van der Waals surface area contributed by atoms with Gasteiger partial charge in [-0.15, -0.1) is 0 Å². The van der Waals surface area contributed by atoms with E-state index in [2.05, 4.69) is 31.8 Å². The highest BCUT2D eigenvalue weighted by Gasteiger charge is 2.24. The molecule has 3 heterocycles. The zero-order valence-corrected chi connectivity index (χ0v) is 21.4. The molecule has 2 saturated heterocycles. The molecule has 0 unspecified atom stereocenters. The van der Waals surface area contributed by atoms with Gasteiger partial charge in [-0.2, -0.15) is 0 Å². The van der Waals surface area contributed by atoms with Gasteiger partial charge in [-0.3, -0.25) is 14.6 Å². The molecule has 1 aromatic carbocycles. The second-order valence-electron chi connectivity index (χ2n) is 9.25. The molecule has 2 fully saturated rings. The number of anilines is 1. The molecule has 36 heavy (non-hydrogen) atoms. The van der Waals surface area contributed by atoms with Crippen LogP contribution in [0, 0.1) is 0 Å². The van der Waals surface area contributed by atoms with Gasteiger partial charge in [0.25, 0.3) is 0 Å². The minimum Gasteiger partial charge on any atom is -0.497 e. The van der Waals surface area contributed by atoms with Crippen LogP contribution in [0.3, 0.4) is 0 Å². The lowest BCUT2D eigenvalue weighted by atomic mass is 10.2. The summed E-state index contributed by atoms with van der Waals surface area (Å²) >= 11 is 0. The number of piperazine rings is 1. The number of ether oxygens (including phenoxy) is 2. The van der Waals surface area contributed by atoms with E-state index >= 15 is 0 Å². The van der Waals surface area contributed by atoms with Crippen molar-refractivity contribution in [3.63, 3.8) is 0 Å². The van der Waals surface area contributed by atoms with Crippen LogP contribution in [0.5, 0.6) is 5.75 Å². The van der Waals surface area contributed by atoms with Gasteiger partial charge in [-0.1, -0.05) is 12.1 Å². The van der Waals surface area contributed by atoms with Crippen LogP contribution < -0.4 is 9.64 Å². The molecule has 9 heteroatoms. The molecule has 2 aromatic rings. The van der Waals surface area contributed by atoms with Crippen LogP contribution in [0.25, 0.3) is 0 Å². The summed E-state index contributed by atoms with van der Waals surface area (Å²) in [6, 6.07) is 11.8. The van der Waals surface area contributed by atoms with Crippen molar-refractivity contribution < 1.29 is 19.1 Å². The van der Waals surface area contributed by atoms with Crippen molar-refractivity contribution in [2.75, 3.05) is 77.5 Å². The van der Waals surface area contributed by atoms with Gasteiger partial charge < -0.3 is 19.3 Å². The molecule has 0 saturated carbocycles. The van der Waals surface area contributed by atoms with Crippen LogP contribution in [0.2, 0.25) is 0 Å². The summed E-state index contributed by atoms with van der Waals surface area (Å²) in [5.74, 6) is 1.58. The fraction of sp³-hybridized carbons (Fsp3) is 0.519. The van der Waals surface area contributed by atoms with E-state index in [0.29, 0.717) is 18.7 Å². The molecule has 0 bridgehead atoms. The predicted molar refractivity (Wildman–Crippen MR) is 138 cm³/mol. The lowest BCUT2D eigenvalue weighted by Crippen LogP contribution is -2.51. The van der Waals surface area contributed by atoms with Gasteiger partial charge in [-0.25, -0.2) is 9.78 Å². The minimum atomic E-state index is -0.348. The van der Waals surface area contributed by atoms with Crippen LogP contribution in [-0.2, 0) is 16.1 Å². The van der Waals surface area contributed by atoms with Crippen LogP contribution in [0.1, 0.15) is 29.3 Å². The Morgan fingerprint density at radius 3 is 2.31 bits per heavy atom. The fourth-order valence-corrected chi connectivity index (χ4v) is 4.70. The zero-order chi connectivity index (χ0) is 25.3. The summed E-state index contributed by atoms with van der Waals surface area (Å²) in [5.41, 5.74) is 1.72. The second-order valence-corrected chi connectivity index (χ2v) is 9.25. The summed E-state index contributed by atoms with van der Waals surface area (Å²) in [4.78, 5) is 38.2. The van der Waals surface area contributed by atoms with Gasteiger partial charge >= 0.3 is 5.97 Å². The number of rotatable bonds is 8. The quantitative estimate of drug-likeness (QED) is 0.516. The van der Waals surface area contributed by atoms with E-state index in [1.54, 1.807) is 26.3 Å². The fourth-order valence-electron chi connectivity index (χ4n) is 4.70. The van der Waals surface area contributed by atoms with Crippen LogP contribution in [0.4, 0.5) is 5.82 Å². The number of benzene rings is 1. The average Bonchev–Trinajstić information content (AvgIpc) is 3.15. The molecule has 9 nitrogen and oxygen atoms in total. The highest BCUT2D eigenvalue weighted by molar-refractivity contribution is 5.89. The molecule has 0 spiro atoms. The molecule has 0 radical (unpaired) electrons. The molecule has 0 N–H and O–H groups in total. The highest BCUT2D eigenvalue weighted by Crippen LogP contribution is 2.16. The molecule has 0 atom stereocenters.